The van der Waals surface area contributed by atoms with Crippen LogP contribution in [0, 0.1) is 0 Å². The lowest BCUT2D eigenvalue weighted by Gasteiger charge is -2.32. The van der Waals surface area contributed by atoms with Crippen molar-refractivity contribution in [2.45, 2.75) is 6.10 Å². The molecule has 1 aromatic heterocycles. The van der Waals surface area contributed by atoms with Crippen LogP contribution in [-0.4, -0.2) is 47.5 Å². The molecule has 3 N–H and O–H groups in total. The monoisotopic (exact) mass is 210 g/mol. The molecule has 6 heteroatoms. The minimum Gasteiger partial charge on any atom is -0.394 e. The quantitative estimate of drug-likeness (QED) is 0.668. The van der Waals surface area contributed by atoms with E-state index < -0.39 is 0 Å². The van der Waals surface area contributed by atoms with Crippen molar-refractivity contribution in [1.82, 2.24) is 9.97 Å². The summed E-state index contributed by atoms with van der Waals surface area (Å²) in [6.07, 6.45) is 1.29. The number of aromatic nitrogens is 2. The summed E-state index contributed by atoms with van der Waals surface area (Å²) >= 11 is 0. The molecule has 0 aromatic carbocycles. The standard InChI is InChI=1S/C9H14N4O2/c10-8-3-9(12-6-11-8)13-1-2-15-7(4-13)5-14/h3,6-7,14H,1-2,4-5H2,(H2,10,11,12). The summed E-state index contributed by atoms with van der Waals surface area (Å²) in [6, 6.07) is 1.72. The molecule has 82 valence electrons. The van der Waals surface area contributed by atoms with Gasteiger partial charge in [-0.3, -0.25) is 0 Å². The maximum absolute atomic E-state index is 9.00. The van der Waals surface area contributed by atoms with Crippen LogP contribution in [0.1, 0.15) is 0 Å². The van der Waals surface area contributed by atoms with Crippen LogP contribution in [0.2, 0.25) is 0 Å². The van der Waals surface area contributed by atoms with Crippen LogP contribution in [0.4, 0.5) is 11.6 Å². The summed E-state index contributed by atoms with van der Waals surface area (Å²) in [6.45, 7) is 2.01. The van der Waals surface area contributed by atoms with E-state index in [9.17, 15) is 0 Å². The highest BCUT2D eigenvalue weighted by molar-refractivity contribution is 5.46. The minimum atomic E-state index is -0.144. The number of hydrogen-bond acceptors (Lipinski definition) is 6. The van der Waals surface area contributed by atoms with Gasteiger partial charge in [0.2, 0.25) is 0 Å². The van der Waals surface area contributed by atoms with Crippen LogP contribution >= 0.6 is 0 Å². The van der Waals surface area contributed by atoms with E-state index >= 15 is 0 Å². The molecule has 0 amide bonds. The molecular formula is C9H14N4O2. The van der Waals surface area contributed by atoms with Crippen LogP contribution in [-0.2, 0) is 4.74 Å². The molecular weight excluding hydrogens is 196 g/mol. The number of nitrogens with two attached hydrogens (primary N) is 1. The zero-order valence-corrected chi connectivity index (χ0v) is 8.33. The van der Waals surface area contributed by atoms with Gasteiger partial charge in [0.25, 0.3) is 0 Å². The van der Waals surface area contributed by atoms with E-state index in [1.165, 1.54) is 6.33 Å². The topological polar surface area (TPSA) is 84.5 Å². The van der Waals surface area contributed by atoms with E-state index in [0.717, 1.165) is 12.4 Å². The van der Waals surface area contributed by atoms with Gasteiger partial charge in [-0.15, -0.1) is 0 Å². The van der Waals surface area contributed by atoms with Gasteiger partial charge < -0.3 is 20.5 Å². The van der Waals surface area contributed by atoms with Crippen LogP contribution in [0.25, 0.3) is 0 Å². The molecule has 1 aliphatic rings. The molecule has 1 atom stereocenters. The number of morpholine rings is 1. The van der Waals surface area contributed by atoms with Gasteiger partial charge in [-0.2, -0.15) is 0 Å². The number of anilines is 2. The van der Waals surface area contributed by atoms with E-state index in [2.05, 4.69) is 9.97 Å². The normalized spacial score (nSPS) is 21.7. The minimum absolute atomic E-state index is 0.0249. The molecule has 0 radical (unpaired) electrons. The van der Waals surface area contributed by atoms with Crippen molar-refractivity contribution in [2.75, 3.05) is 36.9 Å². The van der Waals surface area contributed by atoms with Gasteiger partial charge in [0.15, 0.2) is 0 Å². The van der Waals surface area contributed by atoms with Crippen molar-refractivity contribution < 1.29 is 9.84 Å². The van der Waals surface area contributed by atoms with E-state index in [0.29, 0.717) is 19.0 Å². The van der Waals surface area contributed by atoms with Crippen LogP contribution < -0.4 is 10.6 Å². The number of aliphatic hydroxyl groups is 1. The second-order valence-corrected chi connectivity index (χ2v) is 3.42. The number of ether oxygens (including phenoxy) is 1. The smallest absolute Gasteiger partial charge is 0.134 e. The summed E-state index contributed by atoms with van der Waals surface area (Å²) in [5.41, 5.74) is 5.57. The number of aliphatic hydroxyl groups excluding tert-OH is 1. The third-order valence-electron chi connectivity index (χ3n) is 2.34. The summed E-state index contributed by atoms with van der Waals surface area (Å²) in [7, 11) is 0. The third kappa shape index (κ3) is 2.34. The number of nitrogens with zero attached hydrogens (tertiary/aromatic N) is 3. The molecule has 0 bridgehead atoms. The first-order valence-electron chi connectivity index (χ1n) is 4.84. The largest absolute Gasteiger partial charge is 0.394 e. The van der Waals surface area contributed by atoms with Gasteiger partial charge in [0.1, 0.15) is 18.0 Å². The van der Waals surface area contributed by atoms with Gasteiger partial charge in [-0.25, -0.2) is 9.97 Å². The molecule has 1 aliphatic heterocycles. The molecule has 1 fully saturated rings. The average Bonchev–Trinajstić information content (AvgIpc) is 2.29. The Hall–Kier alpha value is -1.40. The molecule has 0 spiro atoms. The fraction of sp³-hybridized carbons (Fsp3) is 0.556. The Bertz CT molecular complexity index is 334. The SMILES string of the molecule is Nc1cc(N2CCOC(CO)C2)ncn1. The zero-order valence-electron chi connectivity index (χ0n) is 8.33. The lowest BCUT2D eigenvalue weighted by Crippen LogP contribution is -2.44. The number of nitrogen functional groups attached to an aromatic ring is 1. The molecule has 1 aromatic rings. The molecule has 2 rings (SSSR count). The van der Waals surface area contributed by atoms with E-state index in [1.807, 2.05) is 4.90 Å². The van der Waals surface area contributed by atoms with Gasteiger partial charge in [-0.05, 0) is 0 Å². The van der Waals surface area contributed by atoms with Crippen LogP contribution in [0.15, 0.2) is 12.4 Å². The van der Waals surface area contributed by atoms with Gasteiger partial charge in [0, 0.05) is 19.2 Å². The highest BCUT2D eigenvalue weighted by Crippen LogP contribution is 2.15. The van der Waals surface area contributed by atoms with E-state index in [4.69, 9.17) is 15.6 Å². The molecule has 6 nitrogen and oxygen atoms in total. The lowest BCUT2D eigenvalue weighted by atomic mass is 10.3. The van der Waals surface area contributed by atoms with Gasteiger partial charge >= 0.3 is 0 Å². The second kappa shape index (κ2) is 4.41. The predicted octanol–water partition coefficient (Wildman–Crippen LogP) is -0.744. The average molecular weight is 210 g/mol. The highest BCUT2D eigenvalue weighted by atomic mass is 16.5. The Morgan fingerprint density at radius 1 is 1.60 bits per heavy atom. The van der Waals surface area contributed by atoms with Crippen molar-refractivity contribution in [2.24, 2.45) is 0 Å². The fourth-order valence-electron chi connectivity index (χ4n) is 1.57. The van der Waals surface area contributed by atoms with E-state index in [-0.39, 0.29) is 12.7 Å². The van der Waals surface area contributed by atoms with Crippen molar-refractivity contribution in [3.8, 4) is 0 Å². The fourth-order valence-corrected chi connectivity index (χ4v) is 1.57. The number of hydrogen-bond donors (Lipinski definition) is 2. The Balaban J connectivity index is 2.09. The summed E-state index contributed by atoms with van der Waals surface area (Å²) in [5, 5.41) is 9.00. The Labute approximate surface area is 87.7 Å². The maximum Gasteiger partial charge on any atom is 0.134 e. The molecule has 1 unspecified atom stereocenters. The molecule has 0 saturated carbocycles. The maximum atomic E-state index is 9.00. The molecule has 0 aliphatic carbocycles. The second-order valence-electron chi connectivity index (χ2n) is 3.42. The van der Waals surface area contributed by atoms with Gasteiger partial charge in [-0.1, -0.05) is 0 Å². The molecule has 1 saturated heterocycles. The van der Waals surface area contributed by atoms with Gasteiger partial charge in [0.05, 0.1) is 19.3 Å². The zero-order chi connectivity index (χ0) is 10.7. The van der Waals surface area contributed by atoms with E-state index in [1.54, 1.807) is 6.07 Å². The Morgan fingerprint density at radius 3 is 3.20 bits per heavy atom. The van der Waals surface area contributed by atoms with Crippen LogP contribution in [0.3, 0.4) is 0 Å². The first kappa shape index (κ1) is 10.1. The Kier molecular flexibility index (Phi) is 2.98. The van der Waals surface area contributed by atoms with Crippen molar-refractivity contribution in [1.29, 1.82) is 0 Å². The van der Waals surface area contributed by atoms with Crippen molar-refractivity contribution in [3.05, 3.63) is 12.4 Å². The summed E-state index contributed by atoms with van der Waals surface area (Å²) in [4.78, 5) is 9.99. The molecule has 2 heterocycles. The Morgan fingerprint density at radius 2 is 2.47 bits per heavy atom. The first-order chi connectivity index (χ1) is 7.29. The van der Waals surface area contributed by atoms with Crippen molar-refractivity contribution >= 4 is 11.6 Å². The van der Waals surface area contributed by atoms with Crippen LogP contribution in [0.5, 0.6) is 0 Å². The summed E-state index contributed by atoms with van der Waals surface area (Å²) < 4.78 is 5.34. The highest BCUT2D eigenvalue weighted by Gasteiger charge is 2.20. The first-order valence-corrected chi connectivity index (χ1v) is 4.84. The number of rotatable bonds is 2. The predicted molar refractivity (Wildman–Crippen MR) is 55.5 cm³/mol. The van der Waals surface area contributed by atoms with Crippen molar-refractivity contribution in [3.63, 3.8) is 0 Å². The summed E-state index contributed by atoms with van der Waals surface area (Å²) in [5.74, 6) is 1.23. The lowest BCUT2D eigenvalue weighted by molar-refractivity contribution is 0.00336. The third-order valence-corrected chi connectivity index (χ3v) is 2.34. The molecule has 15 heavy (non-hydrogen) atoms.